The summed E-state index contributed by atoms with van der Waals surface area (Å²) >= 11 is 6.07. The smallest absolute Gasteiger partial charge is 0.264 e. The second kappa shape index (κ2) is 14.3. The summed E-state index contributed by atoms with van der Waals surface area (Å²) in [6.07, 6.45) is 1.89. The van der Waals surface area contributed by atoms with Crippen molar-refractivity contribution in [3.63, 3.8) is 0 Å². The summed E-state index contributed by atoms with van der Waals surface area (Å²) < 4.78 is 28.8. The number of hydrogen-bond donors (Lipinski definition) is 1. The molecule has 7 nitrogen and oxygen atoms in total. The highest BCUT2D eigenvalue weighted by Crippen LogP contribution is 2.25. The molecule has 0 heterocycles. The number of halogens is 1. The molecule has 3 rings (SSSR count). The highest BCUT2D eigenvalue weighted by atomic mass is 35.5. The maximum Gasteiger partial charge on any atom is 0.264 e. The summed E-state index contributed by atoms with van der Waals surface area (Å²) in [5.74, 6) is -0.760. The lowest BCUT2D eigenvalue weighted by Gasteiger charge is -2.33. The fraction of sp³-hybridized carbons (Fsp3) is 0.355. The van der Waals surface area contributed by atoms with Gasteiger partial charge in [-0.05, 0) is 73.7 Å². The Morgan fingerprint density at radius 1 is 0.850 bits per heavy atom. The number of nitrogens with one attached hydrogen (secondary N) is 1. The quantitative estimate of drug-likeness (QED) is 0.275. The minimum absolute atomic E-state index is 0.0685. The minimum atomic E-state index is -4.09. The van der Waals surface area contributed by atoms with E-state index in [1.54, 1.807) is 54.6 Å². The van der Waals surface area contributed by atoms with Gasteiger partial charge < -0.3 is 10.2 Å². The molecule has 9 heteroatoms. The van der Waals surface area contributed by atoms with E-state index in [-0.39, 0.29) is 23.4 Å². The van der Waals surface area contributed by atoms with Crippen molar-refractivity contribution in [2.45, 2.75) is 70.5 Å². The standard InChI is InChI=1S/C31H38ClN3O4S/c1-5-23(4)33-31(37)29(7-3)34(21-25-13-17-26(32)18-14-25)30(36)22-35(27-19-15-24(6-2)16-20-27)40(38,39)28-11-9-8-10-12-28/h8-20,23,29H,5-7,21-22H2,1-4H3,(H,33,37)/t23-,29-/m0/s1. The lowest BCUT2D eigenvalue weighted by atomic mass is 10.1. The third-order valence-corrected chi connectivity index (χ3v) is 8.94. The van der Waals surface area contributed by atoms with Gasteiger partial charge in [0.15, 0.2) is 0 Å². The lowest BCUT2D eigenvalue weighted by molar-refractivity contribution is -0.140. The molecule has 40 heavy (non-hydrogen) atoms. The molecule has 1 N–H and O–H groups in total. The fourth-order valence-electron chi connectivity index (χ4n) is 4.29. The number of rotatable bonds is 13. The second-order valence-corrected chi connectivity index (χ2v) is 12.0. The maximum absolute atomic E-state index is 14.1. The Kier molecular flexibility index (Phi) is 11.2. The molecule has 0 aliphatic heterocycles. The van der Waals surface area contributed by atoms with Crippen LogP contribution < -0.4 is 9.62 Å². The Morgan fingerprint density at radius 3 is 2.00 bits per heavy atom. The van der Waals surface area contributed by atoms with Gasteiger partial charge in [0.05, 0.1) is 10.6 Å². The van der Waals surface area contributed by atoms with Crippen molar-refractivity contribution in [2.75, 3.05) is 10.8 Å². The Bertz CT molecular complexity index is 1360. The number of anilines is 1. The van der Waals surface area contributed by atoms with Gasteiger partial charge in [-0.3, -0.25) is 13.9 Å². The van der Waals surface area contributed by atoms with Gasteiger partial charge in [0.25, 0.3) is 10.0 Å². The molecule has 0 aliphatic rings. The van der Waals surface area contributed by atoms with Gasteiger partial charge >= 0.3 is 0 Å². The molecule has 0 saturated heterocycles. The number of aryl methyl sites for hydroxylation is 1. The fourth-order valence-corrected chi connectivity index (χ4v) is 5.85. The van der Waals surface area contributed by atoms with Crippen molar-refractivity contribution >= 4 is 39.1 Å². The zero-order valence-electron chi connectivity index (χ0n) is 23.5. The summed E-state index contributed by atoms with van der Waals surface area (Å²) in [5, 5.41) is 3.53. The van der Waals surface area contributed by atoms with Gasteiger partial charge in [-0.1, -0.05) is 74.8 Å². The molecule has 3 aromatic rings. The first-order chi connectivity index (χ1) is 19.1. The Hall–Kier alpha value is -3.36. The van der Waals surface area contributed by atoms with Crippen molar-refractivity contribution in [3.8, 4) is 0 Å². The van der Waals surface area contributed by atoms with Gasteiger partial charge in [0.1, 0.15) is 12.6 Å². The summed E-state index contributed by atoms with van der Waals surface area (Å²) in [7, 11) is -4.09. The number of amides is 2. The van der Waals surface area contributed by atoms with Crippen molar-refractivity contribution in [1.29, 1.82) is 0 Å². The predicted octanol–water partition coefficient (Wildman–Crippen LogP) is 5.82. The monoisotopic (exact) mass is 583 g/mol. The van der Waals surface area contributed by atoms with E-state index in [0.717, 1.165) is 28.3 Å². The van der Waals surface area contributed by atoms with Crippen LogP contribution in [0, 0.1) is 0 Å². The second-order valence-electron chi connectivity index (χ2n) is 9.73. The van der Waals surface area contributed by atoms with Crippen molar-refractivity contribution < 1.29 is 18.0 Å². The van der Waals surface area contributed by atoms with E-state index in [1.807, 2.05) is 39.8 Å². The number of nitrogens with zero attached hydrogens (tertiary/aromatic N) is 2. The molecule has 0 aliphatic carbocycles. The Morgan fingerprint density at radius 2 is 1.45 bits per heavy atom. The number of carbonyl (C=O) groups is 2. The average molecular weight is 584 g/mol. The first-order valence-corrected chi connectivity index (χ1v) is 15.4. The zero-order valence-corrected chi connectivity index (χ0v) is 25.1. The highest BCUT2D eigenvalue weighted by Gasteiger charge is 2.33. The normalized spacial score (nSPS) is 12.8. The molecule has 0 saturated carbocycles. The van der Waals surface area contributed by atoms with E-state index in [1.165, 1.54) is 17.0 Å². The van der Waals surface area contributed by atoms with E-state index in [4.69, 9.17) is 11.6 Å². The van der Waals surface area contributed by atoms with Crippen LogP contribution in [0.15, 0.2) is 83.8 Å². The number of sulfonamides is 1. The molecule has 0 bridgehead atoms. The summed E-state index contributed by atoms with van der Waals surface area (Å²) in [4.78, 5) is 28.9. The summed E-state index contributed by atoms with van der Waals surface area (Å²) in [6.45, 7) is 7.38. The molecular weight excluding hydrogens is 546 g/mol. The first kappa shape index (κ1) is 31.2. The lowest BCUT2D eigenvalue weighted by Crippen LogP contribution is -2.53. The van der Waals surface area contributed by atoms with Crippen LogP contribution in [0.2, 0.25) is 5.02 Å². The number of benzene rings is 3. The first-order valence-electron chi connectivity index (χ1n) is 13.6. The SMILES string of the molecule is CCc1ccc(N(CC(=O)N(Cc2ccc(Cl)cc2)[C@@H](CC)C(=O)N[C@@H](C)CC)S(=O)(=O)c2ccccc2)cc1. The third kappa shape index (κ3) is 7.86. The van der Waals surface area contributed by atoms with Crippen LogP contribution in [0.1, 0.15) is 51.7 Å². The van der Waals surface area contributed by atoms with Gasteiger partial charge in [-0.25, -0.2) is 8.42 Å². The molecule has 0 fully saturated rings. The Labute approximate surface area is 243 Å². The summed E-state index contributed by atoms with van der Waals surface area (Å²) in [5.41, 5.74) is 2.19. The zero-order chi connectivity index (χ0) is 29.3. The predicted molar refractivity (Wildman–Crippen MR) is 161 cm³/mol. The van der Waals surface area contributed by atoms with E-state index < -0.39 is 28.5 Å². The third-order valence-electron chi connectivity index (χ3n) is 6.90. The topological polar surface area (TPSA) is 86.8 Å². The van der Waals surface area contributed by atoms with Crippen LogP contribution in [0.5, 0.6) is 0 Å². The number of hydrogen-bond acceptors (Lipinski definition) is 4. The van der Waals surface area contributed by atoms with Crippen LogP contribution >= 0.6 is 11.6 Å². The van der Waals surface area contributed by atoms with Crippen LogP contribution in [-0.4, -0.2) is 43.8 Å². The highest BCUT2D eigenvalue weighted by molar-refractivity contribution is 7.92. The molecule has 214 valence electrons. The van der Waals surface area contributed by atoms with Crippen molar-refractivity contribution in [3.05, 3.63) is 95.0 Å². The minimum Gasteiger partial charge on any atom is -0.352 e. The number of carbonyl (C=O) groups excluding carboxylic acids is 2. The van der Waals surface area contributed by atoms with Gasteiger partial charge in [0.2, 0.25) is 11.8 Å². The molecule has 2 atom stereocenters. The van der Waals surface area contributed by atoms with E-state index >= 15 is 0 Å². The maximum atomic E-state index is 14.1. The average Bonchev–Trinajstić information content (AvgIpc) is 2.97. The van der Waals surface area contributed by atoms with E-state index in [2.05, 4.69) is 5.32 Å². The molecule has 0 aromatic heterocycles. The van der Waals surface area contributed by atoms with Crippen LogP contribution in [0.25, 0.3) is 0 Å². The van der Waals surface area contributed by atoms with Crippen LogP contribution in [0.4, 0.5) is 5.69 Å². The van der Waals surface area contributed by atoms with Crippen LogP contribution in [-0.2, 0) is 32.6 Å². The Balaban J connectivity index is 2.04. The van der Waals surface area contributed by atoms with Crippen molar-refractivity contribution in [1.82, 2.24) is 10.2 Å². The van der Waals surface area contributed by atoms with Crippen molar-refractivity contribution in [2.24, 2.45) is 0 Å². The molecule has 0 radical (unpaired) electrons. The molecule has 0 unspecified atom stereocenters. The van der Waals surface area contributed by atoms with Gasteiger partial charge in [0, 0.05) is 17.6 Å². The van der Waals surface area contributed by atoms with Gasteiger partial charge in [-0.2, -0.15) is 0 Å². The van der Waals surface area contributed by atoms with E-state index in [0.29, 0.717) is 17.1 Å². The van der Waals surface area contributed by atoms with E-state index in [9.17, 15) is 18.0 Å². The molecule has 3 aromatic carbocycles. The molecule has 2 amide bonds. The van der Waals surface area contributed by atoms with Crippen LogP contribution in [0.3, 0.4) is 0 Å². The molecule has 0 spiro atoms. The molecular formula is C31H38ClN3O4S. The largest absolute Gasteiger partial charge is 0.352 e. The van der Waals surface area contributed by atoms with Gasteiger partial charge in [-0.15, -0.1) is 0 Å². The summed E-state index contributed by atoms with van der Waals surface area (Å²) in [6, 6.07) is 21.4.